The van der Waals surface area contributed by atoms with E-state index in [1.54, 1.807) is 0 Å². The first-order valence-corrected chi connectivity index (χ1v) is 10.5. The first kappa shape index (κ1) is 20.2. The maximum Gasteiger partial charge on any atom is 0.191 e. The van der Waals surface area contributed by atoms with Gasteiger partial charge in [0.1, 0.15) is 0 Å². The van der Waals surface area contributed by atoms with Crippen molar-refractivity contribution in [3.05, 3.63) is 21.9 Å². The fraction of sp³-hybridized carbons (Fsp3) is 0.737. The molecule has 1 aliphatic rings. The average Bonchev–Trinajstić information content (AvgIpc) is 2.98. The third-order valence-corrected chi connectivity index (χ3v) is 5.77. The monoisotopic (exact) mass is 365 g/mol. The van der Waals surface area contributed by atoms with Crippen molar-refractivity contribution in [2.75, 3.05) is 52.9 Å². The van der Waals surface area contributed by atoms with E-state index < -0.39 is 0 Å². The van der Waals surface area contributed by atoms with Gasteiger partial charge in [-0.25, -0.2) is 4.99 Å². The van der Waals surface area contributed by atoms with Crippen molar-refractivity contribution in [1.29, 1.82) is 0 Å². The number of nitrogens with zero attached hydrogens (tertiary/aromatic N) is 3. The Hall–Kier alpha value is -1.11. The predicted octanol–water partition coefficient (Wildman–Crippen LogP) is 2.39. The number of thiophene rings is 1. The van der Waals surface area contributed by atoms with Crippen LogP contribution < -0.4 is 10.6 Å². The van der Waals surface area contributed by atoms with E-state index in [9.17, 15) is 0 Å². The molecular formula is C19H35N5S. The Bertz CT molecular complexity index is 514. The Kier molecular flexibility index (Phi) is 9.29. The summed E-state index contributed by atoms with van der Waals surface area (Å²) in [6.07, 6.45) is 3.56. The summed E-state index contributed by atoms with van der Waals surface area (Å²) in [6.45, 7) is 13.0. The summed E-state index contributed by atoms with van der Waals surface area (Å²) in [7, 11) is 2.22. The minimum Gasteiger partial charge on any atom is -0.357 e. The fourth-order valence-corrected chi connectivity index (χ4v) is 3.91. The quantitative estimate of drug-likeness (QED) is 0.422. The Labute approximate surface area is 157 Å². The molecule has 1 aromatic heterocycles. The van der Waals surface area contributed by atoms with Gasteiger partial charge in [0.15, 0.2) is 5.96 Å². The van der Waals surface area contributed by atoms with Gasteiger partial charge in [-0.05, 0) is 65.0 Å². The summed E-state index contributed by atoms with van der Waals surface area (Å²) < 4.78 is 0. The molecular weight excluding hydrogens is 330 g/mol. The summed E-state index contributed by atoms with van der Waals surface area (Å²) in [5.41, 5.74) is 0. The van der Waals surface area contributed by atoms with Crippen LogP contribution in [0.25, 0.3) is 0 Å². The Morgan fingerprint density at radius 2 is 1.96 bits per heavy atom. The lowest BCUT2D eigenvalue weighted by atomic mass is 10.3. The van der Waals surface area contributed by atoms with E-state index in [4.69, 9.17) is 4.99 Å². The number of guanidine groups is 1. The smallest absolute Gasteiger partial charge is 0.191 e. The largest absolute Gasteiger partial charge is 0.357 e. The highest BCUT2D eigenvalue weighted by Crippen LogP contribution is 2.17. The molecule has 1 aromatic rings. The number of aliphatic imine (C=N–C) groups is 1. The summed E-state index contributed by atoms with van der Waals surface area (Å²) >= 11 is 1.87. The predicted molar refractivity (Wildman–Crippen MR) is 110 cm³/mol. The molecule has 6 heteroatoms. The van der Waals surface area contributed by atoms with Crippen LogP contribution in [0.1, 0.15) is 36.4 Å². The zero-order valence-corrected chi connectivity index (χ0v) is 17.0. The summed E-state index contributed by atoms with van der Waals surface area (Å²) in [5, 5.41) is 6.83. The molecule has 142 valence electrons. The molecule has 0 atom stereocenters. The number of nitrogens with one attached hydrogen (secondary N) is 2. The second-order valence-electron chi connectivity index (χ2n) is 6.70. The zero-order valence-electron chi connectivity index (χ0n) is 16.2. The summed E-state index contributed by atoms with van der Waals surface area (Å²) in [5.74, 6) is 0.935. The average molecular weight is 366 g/mol. The molecule has 0 aliphatic carbocycles. The van der Waals surface area contributed by atoms with Gasteiger partial charge in [0, 0.05) is 35.9 Å². The maximum absolute atomic E-state index is 4.73. The molecule has 0 aromatic carbocycles. The Balaban J connectivity index is 1.70. The molecule has 0 radical (unpaired) electrons. The Morgan fingerprint density at radius 3 is 2.72 bits per heavy atom. The Morgan fingerprint density at radius 1 is 1.12 bits per heavy atom. The van der Waals surface area contributed by atoms with Gasteiger partial charge in [-0.1, -0.05) is 6.92 Å². The molecule has 1 saturated heterocycles. The number of rotatable bonds is 8. The zero-order chi connectivity index (χ0) is 17.9. The first-order valence-electron chi connectivity index (χ1n) is 9.72. The van der Waals surface area contributed by atoms with Crippen LogP contribution in [0, 0.1) is 0 Å². The fourth-order valence-electron chi connectivity index (χ4n) is 3.03. The van der Waals surface area contributed by atoms with Crippen molar-refractivity contribution in [2.45, 2.75) is 39.7 Å². The second kappa shape index (κ2) is 11.5. The van der Waals surface area contributed by atoms with Crippen LogP contribution in [-0.2, 0) is 13.0 Å². The van der Waals surface area contributed by atoms with Crippen LogP contribution in [0.5, 0.6) is 0 Å². The molecule has 1 fully saturated rings. The number of likely N-dealkylation sites (N-methyl/N-ethyl adjacent to an activating group) is 1. The number of hydrogen-bond acceptors (Lipinski definition) is 4. The molecule has 2 rings (SSSR count). The molecule has 5 nitrogen and oxygen atoms in total. The third-order valence-electron chi connectivity index (χ3n) is 4.56. The van der Waals surface area contributed by atoms with E-state index in [0.29, 0.717) is 0 Å². The highest BCUT2D eigenvalue weighted by Gasteiger charge is 2.11. The number of aryl methyl sites for hydroxylation is 1. The molecule has 2 heterocycles. The highest BCUT2D eigenvalue weighted by molar-refractivity contribution is 7.11. The van der Waals surface area contributed by atoms with Gasteiger partial charge in [-0.3, -0.25) is 0 Å². The maximum atomic E-state index is 4.73. The second-order valence-corrected chi connectivity index (χ2v) is 7.95. The van der Waals surface area contributed by atoms with E-state index in [1.165, 1.54) is 48.9 Å². The van der Waals surface area contributed by atoms with Gasteiger partial charge < -0.3 is 20.4 Å². The standard InChI is InChI=1S/C19H35N5S/c1-4-17-8-9-18(25-17)16-22-19(20-5-2)21-10-6-12-24-13-7-11-23(3)14-15-24/h8-9H,4-7,10-16H2,1-3H3,(H2,20,21,22). The lowest BCUT2D eigenvalue weighted by Gasteiger charge is -2.20. The van der Waals surface area contributed by atoms with Crippen LogP contribution in [-0.4, -0.2) is 68.6 Å². The molecule has 0 unspecified atom stereocenters. The van der Waals surface area contributed by atoms with Crippen LogP contribution >= 0.6 is 11.3 Å². The van der Waals surface area contributed by atoms with Crippen LogP contribution in [0.3, 0.4) is 0 Å². The molecule has 2 N–H and O–H groups in total. The van der Waals surface area contributed by atoms with Crippen molar-refractivity contribution >= 4 is 17.3 Å². The van der Waals surface area contributed by atoms with E-state index in [2.05, 4.69) is 53.5 Å². The van der Waals surface area contributed by atoms with Crippen molar-refractivity contribution in [1.82, 2.24) is 20.4 Å². The van der Waals surface area contributed by atoms with Crippen LogP contribution in [0.4, 0.5) is 0 Å². The van der Waals surface area contributed by atoms with Gasteiger partial charge in [0.2, 0.25) is 0 Å². The molecule has 1 aliphatic heterocycles. The summed E-state index contributed by atoms with van der Waals surface area (Å²) in [4.78, 5) is 12.5. The molecule has 0 spiro atoms. The minimum atomic E-state index is 0.762. The van der Waals surface area contributed by atoms with Crippen LogP contribution in [0.15, 0.2) is 17.1 Å². The van der Waals surface area contributed by atoms with Gasteiger partial charge in [0.25, 0.3) is 0 Å². The van der Waals surface area contributed by atoms with Crippen molar-refractivity contribution in [3.8, 4) is 0 Å². The van der Waals surface area contributed by atoms with Crippen LogP contribution in [0.2, 0.25) is 0 Å². The number of hydrogen-bond donors (Lipinski definition) is 2. The molecule has 25 heavy (non-hydrogen) atoms. The van der Waals surface area contributed by atoms with Crippen molar-refractivity contribution in [2.24, 2.45) is 4.99 Å². The highest BCUT2D eigenvalue weighted by atomic mass is 32.1. The lowest BCUT2D eigenvalue weighted by Crippen LogP contribution is -2.39. The summed E-state index contributed by atoms with van der Waals surface area (Å²) in [6, 6.07) is 4.42. The van der Waals surface area contributed by atoms with Gasteiger partial charge in [0.05, 0.1) is 6.54 Å². The SMILES string of the molecule is CCNC(=NCc1ccc(CC)s1)NCCCN1CCCN(C)CC1. The minimum absolute atomic E-state index is 0.762. The van der Waals surface area contributed by atoms with Gasteiger partial charge >= 0.3 is 0 Å². The van der Waals surface area contributed by atoms with Crippen molar-refractivity contribution < 1.29 is 0 Å². The van der Waals surface area contributed by atoms with Gasteiger partial charge in [-0.2, -0.15) is 0 Å². The van der Waals surface area contributed by atoms with E-state index in [-0.39, 0.29) is 0 Å². The molecule has 0 saturated carbocycles. The third kappa shape index (κ3) is 7.75. The van der Waals surface area contributed by atoms with E-state index in [0.717, 1.165) is 38.4 Å². The van der Waals surface area contributed by atoms with Gasteiger partial charge in [-0.15, -0.1) is 11.3 Å². The molecule has 0 amide bonds. The topological polar surface area (TPSA) is 42.9 Å². The normalized spacial score (nSPS) is 17.5. The van der Waals surface area contributed by atoms with E-state index in [1.807, 2.05) is 11.3 Å². The molecule has 0 bridgehead atoms. The lowest BCUT2D eigenvalue weighted by molar-refractivity contribution is 0.274. The first-order chi connectivity index (χ1) is 12.2. The van der Waals surface area contributed by atoms with E-state index >= 15 is 0 Å². The van der Waals surface area contributed by atoms with Crippen molar-refractivity contribution in [3.63, 3.8) is 0 Å².